The second-order valence-electron chi connectivity index (χ2n) is 11.2. The molecule has 0 aliphatic heterocycles. The van der Waals surface area contributed by atoms with Gasteiger partial charge in [0.05, 0.1) is 27.2 Å². The number of likely N-dealkylation sites (N-methyl/N-ethyl adjacent to an activating group) is 1. The van der Waals surface area contributed by atoms with Crippen molar-refractivity contribution in [3.8, 4) is 0 Å². The molecule has 212 valence electrons. The molecule has 0 aromatic rings. The second-order valence-corrected chi connectivity index (χ2v) is 11.2. The molecule has 0 heterocycles. The molecular weight excluding hydrogens is 460 g/mol. The lowest BCUT2D eigenvalue weighted by Gasteiger charge is -2.33. The Kier molecular flexibility index (Phi) is 26.6. The number of aliphatic hydroxyl groups excluding tert-OH is 2. The topological polar surface area (TPSA) is 69.6 Å². The van der Waals surface area contributed by atoms with Crippen LogP contribution in [0.5, 0.6) is 0 Å². The zero-order valence-corrected chi connectivity index (χ0v) is 24.6. The van der Waals surface area contributed by atoms with Gasteiger partial charge in [-0.2, -0.15) is 0 Å². The zero-order chi connectivity index (χ0) is 25.5. The van der Waals surface area contributed by atoms with Gasteiger partial charge in [0.15, 0.2) is 0 Å². The Morgan fingerprint density at radius 1 is 0.743 bits per heavy atom. The average Bonchev–Trinajstić information content (AvgIpc) is 2.80. The molecule has 0 saturated carbocycles. The lowest BCUT2D eigenvalue weighted by atomic mass is 10.0. The molecule has 0 fully saturated rings. The second kappa shape index (κ2) is 25.3. The summed E-state index contributed by atoms with van der Waals surface area (Å²) >= 11 is 0. The molecular formula is C29H61ClN2O3. The minimum Gasteiger partial charge on any atom is -1.00 e. The van der Waals surface area contributed by atoms with E-state index in [9.17, 15) is 9.90 Å². The van der Waals surface area contributed by atoms with Crippen LogP contribution in [0, 0.1) is 0 Å². The molecule has 0 spiro atoms. The summed E-state index contributed by atoms with van der Waals surface area (Å²) in [5.41, 5.74) is 0. The Labute approximate surface area is 224 Å². The Morgan fingerprint density at radius 3 is 1.63 bits per heavy atom. The third-order valence-corrected chi connectivity index (χ3v) is 7.01. The van der Waals surface area contributed by atoms with E-state index >= 15 is 0 Å². The Hall–Kier alpha value is -0.360. The average molecular weight is 521 g/mol. The summed E-state index contributed by atoms with van der Waals surface area (Å²) in [6.07, 6.45) is 23.0. The molecule has 0 aromatic heterocycles. The van der Waals surface area contributed by atoms with Crippen LogP contribution in [0.2, 0.25) is 0 Å². The van der Waals surface area contributed by atoms with E-state index in [2.05, 4.69) is 33.3 Å². The smallest absolute Gasteiger partial charge is 0.220 e. The number of nitrogens with one attached hydrogen (secondary N) is 1. The molecule has 0 rings (SSSR count). The SMILES string of the molecule is CCCCCCCCCCCCCCCCCC(=O)NC(CCC)CC[N+](C)(C)CC(O)CO.[Cl-]. The summed E-state index contributed by atoms with van der Waals surface area (Å²) < 4.78 is 0.650. The number of unbranched alkanes of at least 4 members (excludes halogenated alkanes) is 14. The maximum absolute atomic E-state index is 12.4. The van der Waals surface area contributed by atoms with Gasteiger partial charge in [0.1, 0.15) is 12.6 Å². The first-order chi connectivity index (χ1) is 16.3. The number of aliphatic hydroxyl groups is 2. The number of rotatable bonds is 25. The van der Waals surface area contributed by atoms with Gasteiger partial charge in [0.2, 0.25) is 5.91 Å². The predicted octanol–water partition coefficient (Wildman–Crippen LogP) is 3.36. The number of carbonyl (C=O) groups is 1. The van der Waals surface area contributed by atoms with Crippen molar-refractivity contribution in [3.05, 3.63) is 0 Å². The van der Waals surface area contributed by atoms with Crippen LogP contribution < -0.4 is 17.7 Å². The van der Waals surface area contributed by atoms with Gasteiger partial charge in [-0.1, -0.05) is 110 Å². The van der Waals surface area contributed by atoms with E-state index < -0.39 is 6.10 Å². The van der Waals surface area contributed by atoms with Crippen molar-refractivity contribution >= 4 is 5.91 Å². The third kappa shape index (κ3) is 25.1. The van der Waals surface area contributed by atoms with Crippen molar-refractivity contribution in [1.29, 1.82) is 0 Å². The lowest BCUT2D eigenvalue weighted by molar-refractivity contribution is -0.893. The number of quaternary nitrogens is 1. The number of amides is 1. The molecule has 0 saturated heterocycles. The summed E-state index contributed by atoms with van der Waals surface area (Å²) in [4.78, 5) is 12.4. The number of hydrogen-bond donors (Lipinski definition) is 3. The molecule has 0 aromatic carbocycles. The first-order valence-electron chi connectivity index (χ1n) is 14.7. The summed E-state index contributed by atoms with van der Waals surface area (Å²) in [6.45, 7) is 5.64. The van der Waals surface area contributed by atoms with E-state index in [-0.39, 0.29) is 31.0 Å². The van der Waals surface area contributed by atoms with Gasteiger partial charge in [-0.05, 0) is 12.8 Å². The fourth-order valence-electron chi connectivity index (χ4n) is 4.82. The van der Waals surface area contributed by atoms with Crippen LogP contribution in [-0.4, -0.2) is 66.5 Å². The van der Waals surface area contributed by atoms with Crippen molar-refractivity contribution in [1.82, 2.24) is 5.32 Å². The summed E-state index contributed by atoms with van der Waals surface area (Å²) in [5, 5.41) is 22.1. The van der Waals surface area contributed by atoms with Gasteiger partial charge < -0.3 is 32.4 Å². The highest BCUT2D eigenvalue weighted by Crippen LogP contribution is 2.14. The molecule has 0 aliphatic rings. The fraction of sp³-hybridized carbons (Fsp3) is 0.966. The van der Waals surface area contributed by atoms with E-state index in [1.54, 1.807) is 0 Å². The van der Waals surface area contributed by atoms with Crippen molar-refractivity contribution in [2.45, 2.75) is 148 Å². The van der Waals surface area contributed by atoms with Crippen molar-refractivity contribution in [3.63, 3.8) is 0 Å². The number of hydrogen-bond acceptors (Lipinski definition) is 3. The number of nitrogens with zero attached hydrogens (tertiary/aromatic N) is 1. The molecule has 2 unspecified atom stereocenters. The molecule has 2 atom stereocenters. The van der Waals surface area contributed by atoms with Crippen LogP contribution in [0.3, 0.4) is 0 Å². The molecule has 6 heteroatoms. The first kappa shape index (κ1) is 36.8. The van der Waals surface area contributed by atoms with Crippen LogP contribution in [0.4, 0.5) is 0 Å². The largest absolute Gasteiger partial charge is 1.00 e. The molecule has 0 bridgehead atoms. The van der Waals surface area contributed by atoms with Gasteiger partial charge in [-0.3, -0.25) is 4.79 Å². The van der Waals surface area contributed by atoms with Gasteiger partial charge in [0.25, 0.3) is 0 Å². The van der Waals surface area contributed by atoms with E-state index in [0.717, 1.165) is 38.6 Å². The maximum atomic E-state index is 12.4. The highest BCUT2D eigenvalue weighted by Gasteiger charge is 2.22. The van der Waals surface area contributed by atoms with Crippen molar-refractivity contribution in [2.24, 2.45) is 0 Å². The highest BCUT2D eigenvalue weighted by molar-refractivity contribution is 5.76. The van der Waals surface area contributed by atoms with Crippen LogP contribution in [0.1, 0.15) is 136 Å². The van der Waals surface area contributed by atoms with E-state index in [4.69, 9.17) is 5.11 Å². The summed E-state index contributed by atoms with van der Waals surface area (Å²) in [7, 11) is 4.14. The zero-order valence-electron chi connectivity index (χ0n) is 23.8. The summed E-state index contributed by atoms with van der Waals surface area (Å²) in [5.74, 6) is 0.189. The molecule has 1 amide bonds. The monoisotopic (exact) mass is 520 g/mol. The fourth-order valence-corrected chi connectivity index (χ4v) is 4.82. The minimum atomic E-state index is -0.681. The molecule has 0 aliphatic carbocycles. The predicted molar refractivity (Wildman–Crippen MR) is 146 cm³/mol. The normalized spacial score (nSPS) is 13.3. The van der Waals surface area contributed by atoms with Gasteiger partial charge in [-0.15, -0.1) is 0 Å². The minimum absolute atomic E-state index is 0. The van der Waals surface area contributed by atoms with Crippen LogP contribution in [-0.2, 0) is 4.79 Å². The van der Waals surface area contributed by atoms with E-state index in [0.29, 0.717) is 17.4 Å². The Balaban J connectivity index is 0. The Morgan fingerprint density at radius 2 is 1.20 bits per heavy atom. The highest BCUT2D eigenvalue weighted by atomic mass is 35.5. The quantitative estimate of drug-likeness (QED) is 0.128. The van der Waals surface area contributed by atoms with Crippen molar-refractivity contribution in [2.75, 3.05) is 33.8 Å². The summed E-state index contributed by atoms with van der Waals surface area (Å²) in [6, 6.07) is 0.206. The molecule has 35 heavy (non-hydrogen) atoms. The van der Waals surface area contributed by atoms with E-state index in [1.165, 1.54) is 83.5 Å². The Bertz CT molecular complexity index is 463. The molecule has 5 nitrogen and oxygen atoms in total. The van der Waals surface area contributed by atoms with Gasteiger partial charge in [0, 0.05) is 18.9 Å². The first-order valence-corrected chi connectivity index (χ1v) is 14.7. The van der Waals surface area contributed by atoms with Crippen LogP contribution in [0.15, 0.2) is 0 Å². The van der Waals surface area contributed by atoms with E-state index in [1.807, 2.05) is 0 Å². The lowest BCUT2D eigenvalue weighted by Crippen LogP contribution is -3.00. The third-order valence-electron chi connectivity index (χ3n) is 7.01. The van der Waals surface area contributed by atoms with Crippen molar-refractivity contribution < 1.29 is 31.9 Å². The van der Waals surface area contributed by atoms with Gasteiger partial charge in [-0.25, -0.2) is 0 Å². The standard InChI is InChI=1S/C29H60N2O3.ClH/c1-5-7-8-9-10-11-12-13-14-15-16-17-18-19-20-22-29(34)30-27(21-6-2)23-24-31(3,4)25-28(33)26-32;/h27-28,32-33H,5-26H2,1-4H3;1H. The number of halogens is 1. The number of carbonyl (C=O) groups excluding carboxylic acids is 1. The van der Waals surface area contributed by atoms with Crippen LogP contribution in [0.25, 0.3) is 0 Å². The van der Waals surface area contributed by atoms with Crippen LogP contribution >= 0.6 is 0 Å². The molecule has 3 N–H and O–H groups in total. The maximum Gasteiger partial charge on any atom is 0.220 e. The molecule has 0 radical (unpaired) electrons. The van der Waals surface area contributed by atoms with Gasteiger partial charge >= 0.3 is 0 Å².